The second-order valence-corrected chi connectivity index (χ2v) is 5.86. The number of hydrogen-bond donors (Lipinski definition) is 2. The minimum Gasteiger partial charge on any atom is -0.383 e. The van der Waals surface area contributed by atoms with Crippen molar-refractivity contribution in [2.24, 2.45) is 5.92 Å². The van der Waals surface area contributed by atoms with Gasteiger partial charge in [0, 0.05) is 19.5 Å². The molecule has 17 heavy (non-hydrogen) atoms. The average Bonchev–Trinajstić information content (AvgIpc) is 2.26. The number of hydrogen-bond acceptors (Lipinski definition) is 4. The molecule has 6 nitrogen and oxygen atoms in total. The van der Waals surface area contributed by atoms with Crippen LogP contribution in [0.1, 0.15) is 6.92 Å². The van der Waals surface area contributed by atoms with Gasteiger partial charge in [0.05, 0.1) is 18.9 Å². The fourth-order valence-electron chi connectivity index (χ4n) is 1.01. The maximum atomic E-state index is 11.5. The summed E-state index contributed by atoms with van der Waals surface area (Å²) in [5.41, 5.74) is 0. The van der Waals surface area contributed by atoms with Crippen LogP contribution in [0.5, 0.6) is 0 Å². The molecule has 0 aliphatic heterocycles. The van der Waals surface area contributed by atoms with Crippen LogP contribution >= 0.6 is 11.6 Å². The molecule has 0 saturated carbocycles. The number of sulfonamides is 1. The van der Waals surface area contributed by atoms with E-state index in [1.807, 2.05) is 0 Å². The number of rotatable bonds is 9. The summed E-state index contributed by atoms with van der Waals surface area (Å²) < 4.78 is 29.9. The standard InChI is InChI=1S/C9H19ClN2O4S/c1-8(5-10)7-17(14,15)12-6-9(13)11-3-4-16-2/h8,12H,3-7H2,1-2H3,(H,11,13). The Morgan fingerprint density at radius 2 is 2.12 bits per heavy atom. The van der Waals surface area contributed by atoms with E-state index in [0.29, 0.717) is 13.2 Å². The molecule has 0 aliphatic rings. The molecule has 0 saturated heterocycles. The molecule has 0 aromatic carbocycles. The van der Waals surface area contributed by atoms with Gasteiger partial charge in [0.25, 0.3) is 0 Å². The average molecular weight is 287 g/mol. The summed E-state index contributed by atoms with van der Waals surface area (Å²) in [5.74, 6) is -0.349. The number of ether oxygens (including phenoxy) is 1. The van der Waals surface area contributed by atoms with Crippen molar-refractivity contribution in [1.82, 2.24) is 10.0 Å². The third-order valence-corrected chi connectivity index (χ3v) is 3.97. The molecule has 0 aliphatic carbocycles. The van der Waals surface area contributed by atoms with E-state index in [1.54, 1.807) is 6.92 Å². The first-order chi connectivity index (χ1) is 7.91. The van der Waals surface area contributed by atoms with Crippen molar-refractivity contribution in [1.29, 1.82) is 0 Å². The Labute approximate surface area is 107 Å². The van der Waals surface area contributed by atoms with Gasteiger partial charge in [-0.3, -0.25) is 4.79 Å². The summed E-state index contributed by atoms with van der Waals surface area (Å²) >= 11 is 5.52. The quantitative estimate of drug-likeness (QED) is 0.444. The Kier molecular flexibility index (Phi) is 8.49. The molecule has 0 radical (unpaired) electrons. The van der Waals surface area contributed by atoms with Crippen LogP contribution in [0.2, 0.25) is 0 Å². The molecule has 102 valence electrons. The highest BCUT2D eigenvalue weighted by molar-refractivity contribution is 7.89. The maximum Gasteiger partial charge on any atom is 0.235 e. The first-order valence-electron chi connectivity index (χ1n) is 5.20. The van der Waals surface area contributed by atoms with Crippen molar-refractivity contribution in [2.75, 3.05) is 38.4 Å². The molecule has 1 unspecified atom stereocenters. The zero-order valence-corrected chi connectivity index (χ0v) is 11.6. The Morgan fingerprint density at radius 3 is 2.65 bits per heavy atom. The molecule has 2 N–H and O–H groups in total. The van der Waals surface area contributed by atoms with Gasteiger partial charge in [0.1, 0.15) is 0 Å². The van der Waals surface area contributed by atoms with Crippen molar-refractivity contribution in [2.45, 2.75) is 6.92 Å². The van der Waals surface area contributed by atoms with Crippen LogP contribution in [0.4, 0.5) is 0 Å². The van der Waals surface area contributed by atoms with Crippen LogP contribution in [0.25, 0.3) is 0 Å². The fraction of sp³-hybridized carbons (Fsp3) is 0.889. The van der Waals surface area contributed by atoms with Gasteiger partial charge < -0.3 is 10.1 Å². The van der Waals surface area contributed by atoms with E-state index in [-0.39, 0.29) is 30.0 Å². The molecule has 1 atom stereocenters. The predicted octanol–water partition coefficient (Wildman–Crippen LogP) is -0.457. The van der Waals surface area contributed by atoms with E-state index in [9.17, 15) is 13.2 Å². The number of carbonyl (C=O) groups excluding carboxylic acids is 1. The minimum atomic E-state index is -3.45. The summed E-state index contributed by atoms with van der Waals surface area (Å²) in [7, 11) is -1.93. The number of amides is 1. The lowest BCUT2D eigenvalue weighted by Crippen LogP contribution is -2.39. The van der Waals surface area contributed by atoms with Crippen molar-refractivity contribution in [3.63, 3.8) is 0 Å². The van der Waals surface area contributed by atoms with E-state index < -0.39 is 10.0 Å². The van der Waals surface area contributed by atoms with Crippen LogP contribution in [0, 0.1) is 5.92 Å². The third-order valence-electron chi connectivity index (χ3n) is 1.85. The highest BCUT2D eigenvalue weighted by Crippen LogP contribution is 2.01. The summed E-state index contributed by atoms with van der Waals surface area (Å²) in [6, 6.07) is 0. The van der Waals surface area contributed by atoms with Gasteiger partial charge in [-0.05, 0) is 5.92 Å². The smallest absolute Gasteiger partial charge is 0.235 e. The third kappa shape index (κ3) is 9.34. The normalized spacial score (nSPS) is 13.4. The second-order valence-electron chi connectivity index (χ2n) is 3.70. The molecule has 0 bridgehead atoms. The number of nitrogens with one attached hydrogen (secondary N) is 2. The van der Waals surface area contributed by atoms with Crippen molar-refractivity contribution >= 4 is 27.5 Å². The van der Waals surface area contributed by atoms with Gasteiger partial charge in [-0.2, -0.15) is 0 Å². The van der Waals surface area contributed by atoms with Gasteiger partial charge >= 0.3 is 0 Å². The van der Waals surface area contributed by atoms with Gasteiger partial charge in [-0.25, -0.2) is 13.1 Å². The molecule has 1 amide bonds. The second kappa shape index (κ2) is 8.68. The summed E-state index contributed by atoms with van der Waals surface area (Å²) in [6.45, 7) is 2.21. The molecule has 0 rings (SSSR count). The van der Waals surface area contributed by atoms with Gasteiger partial charge in [0.15, 0.2) is 0 Å². The first kappa shape index (κ1) is 16.6. The molecule has 0 aromatic heterocycles. The monoisotopic (exact) mass is 286 g/mol. The van der Waals surface area contributed by atoms with Gasteiger partial charge in [-0.1, -0.05) is 6.92 Å². The largest absolute Gasteiger partial charge is 0.383 e. The van der Waals surface area contributed by atoms with Crippen molar-refractivity contribution in [3.8, 4) is 0 Å². The molecule has 0 spiro atoms. The number of methoxy groups -OCH3 is 1. The topological polar surface area (TPSA) is 84.5 Å². The fourth-order valence-corrected chi connectivity index (χ4v) is 2.58. The van der Waals surface area contributed by atoms with E-state index >= 15 is 0 Å². The lowest BCUT2D eigenvalue weighted by atomic mass is 10.3. The zero-order chi connectivity index (χ0) is 13.3. The Morgan fingerprint density at radius 1 is 1.47 bits per heavy atom. The lowest BCUT2D eigenvalue weighted by Gasteiger charge is -2.10. The van der Waals surface area contributed by atoms with E-state index in [4.69, 9.17) is 16.3 Å². The van der Waals surface area contributed by atoms with Crippen molar-refractivity contribution in [3.05, 3.63) is 0 Å². The molecular formula is C9H19ClN2O4S. The Bertz CT molecular complexity index is 321. The summed E-state index contributed by atoms with van der Waals surface area (Å²) in [4.78, 5) is 11.2. The number of carbonyl (C=O) groups is 1. The maximum absolute atomic E-state index is 11.5. The van der Waals surface area contributed by atoms with E-state index in [1.165, 1.54) is 7.11 Å². The number of halogens is 1. The van der Waals surface area contributed by atoms with Crippen LogP contribution < -0.4 is 10.0 Å². The molecule has 0 aromatic rings. The number of alkyl halides is 1. The van der Waals surface area contributed by atoms with Crippen LogP contribution in [0.15, 0.2) is 0 Å². The zero-order valence-electron chi connectivity index (χ0n) is 10.0. The van der Waals surface area contributed by atoms with Crippen LogP contribution in [-0.2, 0) is 19.6 Å². The lowest BCUT2D eigenvalue weighted by molar-refractivity contribution is -0.120. The summed E-state index contributed by atoms with van der Waals surface area (Å²) in [5, 5.41) is 2.51. The predicted molar refractivity (Wildman–Crippen MR) is 66.6 cm³/mol. The van der Waals surface area contributed by atoms with E-state index in [2.05, 4.69) is 10.0 Å². The molecule has 8 heteroatoms. The Hall–Kier alpha value is -0.370. The van der Waals surface area contributed by atoms with Crippen LogP contribution in [0.3, 0.4) is 0 Å². The highest BCUT2D eigenvalue weighted by atomic mass is 35.5. The highest BCUT2D eigenvalue weighted by Gasteiger charge is 2.15. The van der Waals surface area contributed by atoms with Gasteiger partial charge in [0.2, 0.25) is 15.9 Å². The van der Waals surface area contributed by atoms with Crippen molar-refractivity contribution < 1.29 is 17.9 Å². The SMILES string of the molecule is COCCNC(=O)CNS(=O)(=O)CC(C)CCl. The molecule has 0 fully saturated rings. The van der Waals surface area contributed by atoms with E-state index in [0.717, 1.165) is 0 Å². The molecular weight excluding hydrogens is 268 g/mol. The minimum absolute atomic E-state index is 0.0815. The van der Waals surface area contributed by atoms with Gasteiger partial charge in [-0.15, -0.1) is 11.6 Å². The Balaban J connectivity index is 3.89. The first-order valence-corrected chi connectivity index (χ1v) is 7.39. The van der Waals surface area contributed by atoms with Crippen LogP contribution in [-0.4, -0.2) is 52.8 Å². The molecule has 0 heterocycles. The summed E-state index contributed by atoms with van der Waals surface area (Å²) in [6.07, 6.45) is 0.